The fourth-order valence-corrected chi connectivity index (χ4v) is 3.67. The van der Waals surface area contributed by atoms with Gasteiger partial charge in [0, 0.05) is 41.2 Å². The first kappa shape index (κ1) is 19.5. The maximum absolute atomic E-state index is 13.1. The molecular weight excluding hydrogens is 404 g/mol. The summed E-state index contributed by atoms with van der Waals surface area (Å²) < 4.78 is 40.9. The number of rotatable bonds is 3. The molecule has 9 heteroatoms. The van der Waals surface area contributed by atoms with Gasteiger partial charge in [0.15, 0.2) is 5.69 Å². The van der Waals surface area contributed by atoms with E-state index in [1.54, 1.807) is 24.7 Å². The standard InChI is InChI=1S/C18H13Cl2F3N2O2/c1-8-3-10(18(21,22)23)5-14-15(8)9(7-25(14)2)4-11-12(19)6-13(17(26)27)24-16(11)20/h3,5-7H,4H2,1-2H3,(H,26,27). The molecule has 0 atom stereocenters. The fraction of sp³-hybridized carbons (Fsp3) is 0.222. The molecule has 0 spiro atoms. The third-order valence-corrected chi connectivity index (χ3v) is 4.95. The number of aryl methyl sites for hydroxylation is 2. The average Bonchev–Trinajstić information content (AvgIpc) is 2.86. The topological polar surface area (TPSA) is 55.1 Å². The second-order valence-corrected chi connectivity index (χ2v) is 6.96. The summed E-state index contributed by atoms with van der Waals surface area (Å²) in [5.74, 6) is -1.26. The second-order valence-electron chi connectivity index (χ2n) is 6.19. The summed E-state index contributed by atoms with van der Waals surface area (Å²) in [5.41, 5.74) is 1.03. The van der Waals surface area contributed by atoms with Crippen LogP contribution in [0.2, 0.25) is 10.2 Å². The Morgan fingerprint density at radius 2 is 1.93 bits per heavy atom. The number of fused-ring (bicyclic) bond motifs is 1. The van der Waals surface area contributed by atoms with E-state index in [9.17, 15) is 18.0 Å². The lowest BCUT2D eigenvalue weighted by atomic mass is 10.00. The van der Waals surface area contributed by atoms with Crippen molar-refractivity contribution < 1.29 is 23.1 Å². The number of halogens is 5. The molecular formula is C18H13Cl2F3N2O2. The number of aromatic carboxylic acids is 1. The number of alkyl halides is 3. The predicted molar refractivity (Wildman–Crippen MR) is 96.7 cm³/mol. The summed E-state index contributed by atoms with van der Waals surface area (Å²) in [7, 11) is 1.65. The molecule has 0 saturated heterocycles. The highest BCUT2D eigenvalue weighted by Gasteiger charge is 2.31. The fourth-order valence-electron chi connectivity index (χ4n) is 3.10. The Balaban J connectivity index is 2.13. The summed E-state index contributed by atoms with van der Waals surface area (Å²) >= 11 is 12.3. The summed E-state index contributed by atoms with van der Waals surface area (Å²) in [6.45, 7) is 1.61. The van der Waals surface area contributed by atoms with Crippen molar-refractivity contribution in [3.05, 3.63) is 62.5 Å². The number of aromatic nitrogens is 2. The second kappa shape index (κ2) is 6.73. The van der Waals surface area contributed by atoms with Crippen molar-refractivity contribution in [1.29, 1.82) is 0 Å². The molecule has 0 aliphatic rings. The Morgan fingerprint density at radius 1 is 1.26 bits per heavy atom. The summed E-state index contributed by atoms with van der Waals surface area (Å²) in [6.07, 6.45) is -2.53. The summed E-state index contributed by atoms with van der Waals surface area (Å²) in [4.78, 5) is 14.8. The molecule has 0 bridgehead atoms. The van der Waals surface area contributed by atoms with Gasteiger partial charge in [-0.05, 0) is 36.2 Å². The van der Waals surface area contributed by atoms with Crippen molar-refractivity contribution in [2.75, 3.05) is 0 Å². The van der Waals surface area contributed by atoms with Crippen LogP contribution in [0.3, 0.4) is 0 Å². The van der Waals surface area contributed by atoms with E-state index in [4.69, 9.17) is 28.3 Å². The number of hydrogen-bond acceptors (Lipinski definition) is 2. The maximum atomic E-state index is 13.1. The highest BCUT2D eigenvalue weighted by atomic mass is 35.5. The van der Waals surface area contributed by atoms with Crippen LogP contribution in [-0.4, -0.2) is 20.6 Å². The monoisotopic (exact) mass is 416 g/mol. The molecule has 27 heavy (non-hydrogen) atoms. The van der Waals surface area contributed by atoms with Crippen LogP contribution in [0.25, 0.3) is 10.9 Å². The molecule has 0 saturated carbocycles. The minimum atomic E-state index is -4.44. The Hall–Kier alpha value is -2.25. The zero-order valence-corrected chi connectivity index (χ0v) is 15.7. The Kier molecular flexibility index (Phi) is 4.86. The normalized spacial score (nSPS) is 12.0. The van der Waals surface area contributed by atoms with Crippen molar-refractivity contribution in [2.24, 2.45) is 7.05 Å². The zero-order chi connectivity index (χ0) is 20.1. The van der Waals surface area contributed by atoms with Gasteiger partial charge in [-0.15, -0.1) is 0 Å². The van der Waals surface area contributed by atoms with Gasteiger partial charge in [0.25, 0.3) is 0 Å². The Bertz CT molecular complexity index is 1050. The maximum Gasteiger partial charge on any atom is 0.416 e. The van der Waals surface area contributed by atoms with Crippen molar-refractivity contribution in [3.8, 4) is 0 Å². The molecule has 0 amide bonds. The lowest BCUT2D eigenvalue weighted by Gasteiger charge is -2.11. The van der Waals surface area contributed by atoms with Gasteiger partial charge in [-0.2, -0.15) is 13.2 Å². The lowest BCUT2D eigenvalue weighted by Crippen LogP contribution is -2.05. The van der Waals surface area contributed by atoms with E-state index < -0.39 is 17.7 Å². The van der Waals surface area contributed by atoms with Crippen molar-refractivity contribution in [1.82, 2.24) is 9.55 Å². The van der Waals surface area contributed by atoms with Gasteiger partial charge in [-0.1, -0.05) is 23.2 Å². The summed E-state index contributed by atoms with van der Waals surface area (Å²) in [6, 6.07) is 3.40. The lowest BCUT2D eigenvalue weighted by molar-refractivity contribution is -0.137. The van der Waals surface area contributed by atoms with Crippen LogP contribution in [-0.2, 0) is 19.6 Å². The number of carbonyl (C=O) groups is 1. The van der Waals surface area contributed by atoms with Gasteiger partial charge in [-0.3, -0.25) is 0 Å². The highest BCUT2D eigenvalue weighted by Crippen LogP contribution is 2.36. The first-order valence-electron chi connectivity index (χ1n) is 7.73. The third kappa shape index (κ3) is 3.61. The third-order valence-electron chi connectivity index (χ3n) is 4.30. The van der Waals surface area contributed by atoms with Crippen molar-refractivity contribution in [2.45, 2.75) is 19.5 Å². The van der Waals surface area contributed by atoms with E-state index in [1.807, 2.05) is 0 Å². The van der Waals surface area contributed by atoms with Gasteiger partial charge in [0.05, 0.1) is 5.56 Å². The average molecular weight is 417 g/mol. The van der Waals surface area contributed by atoms with Gasteiger partial charge in [-0.25, -0.2) is 9.78 Å². The van der Waals surface area contributed by atoms with Crippen LogP contribution in [0.1, 0.15) is 32.7 Å². The number of benzene rings is 1. The molecule has 0 aliphatic heterocycles. The van der Waals surface area contributed by atoms with E-state index in [-0.39, 0.29) is 22.3 Å². The van der Waals surface area contributed by atoms with Gasteiger partial charge in [0.1, 0.15) is 5.15 Å². The van der Waals surface area contributed by atoms with Crippen LogP contribution in [0.4, 0.5) is 13.2 Å². The van der Waals surface area contributed by atoms with Crippen molar-refractivity contribution in [3.63, 3.8) is 0 Å². The highest BCUT2D eigenvalue weighted by molar-refractivity contribution is 6.35. The molecule has 1 aromatic carbocycles. The van der Waals surface area contributed by atoms with E-state index in [2.05, 4.69) is 4.98 Å². The minimum Gasteiger partial charge on any atom is -0.477 e. The van der Waals surface area contributed by atoms with E-state index in [0.29, 0.717) is 27.6 Å². The van der Waals surface area contributed by atoms with Gasteiger partial charge < -0.3 is 9.67 Å². The van der Waals surface area contributed by atoms with Crippen molar-refractivity contribution >= 4 is 40.1 Å². The minimum absolute atomic E-state index is 0.0542. The van der Waals surface area contributed by atoms with Gasteiger partial charge >= 0.3 is 12.1 Å². The van der Waals surface area contributed by atoms with Gasteiger partial charge in [0.2, 0.25) is 0 Å². The largest absolute Gasteiger partial charge is 0.477 e. The molecule has 3 rings (SSSR count). The first-order valence-corrected chi connectivity index (χ1v) is 8.48. The number of carboxylic acid groups (broad SMARTS) is 1. The molecule has 0 radical (unpaired) electrons. The van der Waals surface area contributed by atoms with Crippen LogP contribution in [0.15, 0.2) is 24.4 Å². The van der Waals surface area contributed by atoms with Crippen LogP contribution in [0.5, 0.6) is 0 Å². The van der Waals surface area contributed by atoms with E-state index in [1.165, 1.54) is 6.07 Å². The number of hydrogen-bond donors (Lipinski definition) is 1. The molecule has 1 N–H and O–H groups in total. The number of pyridine rings is 1. The smallest absolute Gasteiger partial charge is 0.416 e. The zero-order valence-electron chi connectivity index (χ0n) is 14.2. The molecule has 3 aromatic rings. The van der Waals surface area contributed by atoms with E-state index >= 15 is 0 Å². The van der Waals surface area contributed by atoms with Crippen LogP contribution in [0, 0.1) is 6.92 Å². The quantitative estimate of drug-likeness (QED) is 0.573. The molecule has 142 valence electrons. The Morgan fingerprint density at radius 3 is 2.48 bits per heavy atom. The molecule has 4 nitrogen and oxygen atoms in total. The Labute approximate surface area is 162 Å². The molecule has 0 aliphatic carbocycles. The SMILES string of the molecule is Cc1cc(C(F)(F)F)cc2c1c(Cc1c(Cl)cc(C(=O)O)nc1Cl)cn2C. The number of carboxylic acids is 1. The van der Waals surface area contributed by atoms with Crippen LogP contribution < -0.4 is 0 Å². The molecule has 0 fully saturated rings. The first-order chi connectivity index (χ1) is 12.5. The van der Waals surface area contributed by atoms with Crippen LogP contribution >= 0.6 is 23.2 Å². The number of nitrogens with zero attached hydrogens (tertiary/aromatic N) is 2. The molecule has 0 unspecified atom stereocenters. The molecule has 2 aromatic heterocycles. The molecule has 2 heterocycles. The summed E-state index contributed by atoms with van der Waals surface area (Å²) in [5, 5.41) is 9.76. The van der Waals surface area contributed by atoms with E-state index in [0.717, 1.165) is 12.1 Å². The predicted octanol–water partition coefficient (Wildman–Crippen LogP) is 5.50.